The molecule has 0 aliphatic carbocycles. The van der Waals surface area contributed by atoms with Crippen LogP contribution in [0.15, 0.2) is 42.7 Å². The number of ether oxygens (including phenoxy) is 1. The third-order valence-electron chi connectivity index (χ3n) is 3.63. The van der Waals surface area contributed by atoms with Gasteiger partial charge in [0.1, 0.15) is 17.1 Å². The first-order valence-electron chi connectivity index (χ1n) is 7.55. The number of hydrogen-bond donors (Lipinski definition) is 1. The molecular formula is C18H18FN3O. The summed E-state index contributed by atoms with van der Waals surface area (Å²) < 4.78 is 18.9. The molecule has 0 atom stereocenters. The van der Waals surface area contributed by atoms with Crippen molar-refractivity contribution in [2.45, 2.75) is 19.8 Å². The Morgan fingerprint density at radius 3 is 2.83 bits per heavy atom. The fourth-order valence-corrected chi connectivity index (χ4v) is 2.49. The van der Waals surface area contributed by atoms with Crippen molar-refractivity contribution >= 4 is 22.4 Å². The Balaban J connectivity index is 1.97. The highest BCUT2D eigenvalue weighted by atomic mass is 19.1. The van der Waals surface area contributed by atoms with Crippen LogP contribution in [-0.2, 0) is 6.42 Å². The number of fused-ring (bicyclic) bond motifs is 1. The molecule has 0 fully saturated rings. The smallest absolute Gasteiger partial charge is 0.139 e. The van der Waals surface area contributed by atoms with E-state index in [1.807, 2.05) is 25.1 Å². The summed E-state index contributed by atoms with van der Waals surface area (Å²) in [7, 11) is 1.60. The Hall–Kier alpha value is -2.69. The van der Waals surface area contributed by atoms with Crippen LogP contribution < -0.4 is 10.1 Å². The van der Waals surface area contributed by atoms with Crippen molar-refractivity contribution in [3.63, 3.8) is 0 Å². The lowest BCUT2D eigenvalue weighted by Crippen LogP contribution is -1.97. The minimum Gasteiger partial charge on any atom is -0.495 e. The van der Waals surface area contributed by atoms with Gasteiger partial charge in [-0.3, -0.25) is 4.98 Å². The molecule has 2 heterocycles. The van der Waals surface area contributed by atoms with Crippen molar-refractivity contribution in [1.82, 2.24) is 9.97 Å². The van der Waals surface area contributed by atoms with Gasteiger partial charge in [0, 0.05) is 18.0 Å². The number of halogens is 1. The van der Waals surface area contributed by atoms with Crippen LogP contribution in [-0.4, -0.2) is 17.1 Å². The average molecular weight is 311 g/mol. The third kappa shape index (κ3) is 3.23. The lowest BCUT2D eigenvalue weighted by atomic mass is 10.1. The zero-order valence-electron chi connectivity index (χ0n) is 13.1. The topological polar surface area (TPSA) is 47.0 Å². The Morgan fingerprint density at radius 1 is 1.17 bits per heavy atom. The number of aryl methyl sites for hydroxylation is 1. The van der Waals surface area contributed by atoms with Crippen molar-refractivity contribution < 1.29 is 9.13 Å². The Labute approximate surface area is 134 Å². The summed E-state index contributed by atoms with van der Waals surface area (Å²) in [5, 5.41) is 3.30. The second-order valence-corrected chi connectivity index (χ2v) is 5.28. The fraction of sp³-hybridized carbons (Fsp3) is 0.222. The maximum absolute atomic E-state index is 13.8. The van der Waals surface area contributed by atoms with Gasteiger partial charge in [0.25, 0.3) is 0 Å². The van der Waals surface area contributed by atoms with Crippen LogP contribution in [0.25, 0.3) is 11.0 Å². The standard InChI is InChI=1S/C18H18FN3O/c1-3-4-12-9-13(5-6-15(12)19)22-16-7-8-20-17-10-14(23-2)11-21-18(16)17/h5-11H,3-4H2,1-2H3,(H,20,22). The molecule has 0 unspecified atom stereocenters. The van der Waals surface area contributed by atoms with Gasteiger partial charge in [-0.05, 0) is 36.2 Å². The molecule has 5 heteroatoms. The average Bonchev–Trinajstić information content (AvgIpc) is 2.58. The van der Waals surface area contributed by atoms with Gasteiger partial charge in [0.2, 0.25) is 0 Å². The van der Waals surface area contributed by atoms with Crippen molar-refractivity contribution in [1.29, 1.82) is 0 Å². The van der Waals surface area contributed by atoms with E-state index in [1.54, 1.807) is 25.6 Å². The molecule has 0 aliphatic heterocycles. The quantitative estimate of drug-likeness (QED) is 0.755. The van der Waals surface area contributed by atoms with Crippen molar-refractivity contribution in [3.8, 4) is 5.75 Å². The van der Waals surface area contributed by atoms with Gasteiger partial charge in [-0.25, -0.2) is 9.37 Å². The molecule has 2 aromatic heterocycles. The second-order valence-electron chi connectivity index (χ2n) is 5.28. The predicted octanol–water partition coefficient (Wildman–Crippen LogP) is 4.47. The van der Waals surface area contributed by atoms with Crippen LogP contribution in [0.4, 0.5) is 15.8 Å². The second kappa shape index (κ2) is 6.60. The number of aromatic nitrogens is 2. The van der Waals surface area contributed by atoms with Crippen molar-refractivity contribution in [3.05, 3.63) is 54.1 Å². The maximum Gasteiger partial charge on any atom is 0.139 e. The zero-order valence-corrected chi connectivity index (χ0v) is 13.1. The summed E-state index contributed by atoms with van der Waals surface area (Å²) in [6.45, 7) is 2.03. The molecule has 118 valence electrons. The van der Waals surface area contributed by atoms with E-state index in [-0.39, 0.29) is 5.82 Å². The maximum atomic E-state index is 13.8. The highest BCUT2D eigenvalue weighted by Gasteiger charge is 2.07. The zero-order chi connectivity index (χ0) is 16.2. The summed E-state index contributed by atoms with van der Waals surface area (Å²) in [4.78, 5) is 8.71. The monoisotopic (exact) mass is 311 g/mol. The SMILES string of the molecule is CCCc1cc(Nc2ccnc3cc(OC)cnc23)ccc1F. The minimum atomic E-state index is -0.167. The van der Waals surface area contributed by atoms with Crippen LogP contribution in [0.5, 0.6) is 5.75 Å². The molecule has 0 aliphatic rings. The number of hydrogen-bond acceptors (Lipinski definition) is 4. The van der Waals surface area contributed by atoms with Gasteiger partial charge in [0.05, 0.1) is 24.5 Å². The van der Waals surface area contributed by atoms with Gasteiger partial charge < -0.3 is 10.1 Å². The number of anilines is 2. The number of methoxy groups -OCH3 is 1. The van der Waals surface area contributed by atoms with Crippen molar-refractivity contribution in [2.75, 3.05) is 12.4 Å². The summed E-state index contributed by atoms with van der Waals surface area (Å²) >= 11 is 0. The molecule has 0 saturated heterocycles. The molecule has 0 spiro atoms. The third-order valence-corrected chi connectivity index (χ3v) is 3.63. The summed E-state index contributed by atoms with van der Waals surface area (Å²) in [6.07, 6.45) is 4.98. The van der Waals surface area contributed by atoms with Gasteiger partial charge in [-0.15, -0.1) is 0 Å². The van der Waals surface area contributed by atoms with E-state index in [9.17, 15) is 4.39 Å². The normalized spacial score (nSPS) is 10.7. The Bertz CT molecular complexity index is 836. The molecule has 0 amide bonds. The number of pyridine rings is 2. The van der Waals surface area contributed by atoms with Gasteiger partial charge in [-0.1, -0.05) is 13.3 Å². The van der Waals surface area contributed by atoms with Crippen LogP contribution in [0.3, 0.4) is 0 Å². The first-order valence-corrected chi connectivity index (χ1v) is 7.55. The number of nitrogens with one attached hydrogen (secondary N) is 1. The van der Waals surface area contributed by atoms with E-state index in [4.69, 9.17) is 4.74 Å². The number of benzene rings is 1. The van der Waals surface area contributed by atoms with E-state index in [1.165, 1.54) is 6.07 Å². The van der Waals surface area contributed by atoms with Crippen LogP contribution in [0.1, 0.15) is 18.9 Å². The van der Waals surface area contributed by atoms with Gasteiger partial charge >= 0.3 is 0 Å². The highest BCUT2D eigenvalue weighted by Crippen LogP contribution is 2.26. The van der Waals surface area contributed by atoms with Crippen LogP contribution in [0.2, 0.25) is 0 Å². The molecule has 23 heavy (non-hydrogen) atoms. The Kier molecular flexibility index (Phi) is 4.37. The summed E-state index contributed by atoms with van der Waals surface area (Å²) in [5.41, 5.74) is 3.86. The largest absolute Gasteiger partial charge is 0.495 e. The molecule has 1 aromatic carbocycles. The van der Waals surface area contributed by atoms with E-state index in [0.29, 0.717) is 17.7 Å². The minimum absolute atomic E-state index is 0.167. The van der Waals surface area contributed by atoms with Crippen LogP contribution >= 0.6 is 0 Å². The summed E-state index contributed by atoms with van der Waals surface area (Å²) in [6, 6.07) is 8.75. The van der Waals surface area contributed by atoms with Crippen molar-refractivity contribution in [2.24, 2.45) is 0 Å². The van der Waals surface area contributed by atoms with E-state index < -0.39 is 0 Å². The number of nitrogens with zero attached hydrogens (tertiary/aromatic N) is 2. The van der Waals surface area contributed by atoms with E-state index in [0.717, 1.165) is 28.8 Å². The van der Waals surface area contributed by atoms with E-state index in [2.05, 4.69) is 15.3 Å². The van der Waals surface area contributed by atoms with Crippen LogP contribution in [0, 0.1) is 5.82 Å². The lowest BCUT2D eigenvalue weighted by Gasteiger charge is -2.11. The first-order chi connectivity index (χ1) is 11.2. The fourth-order valence-electron chi connectivity index (χ4n) is 2.49. The molecule has 0 saturated carbocycles. The molecule has 1 N–H and O–H groups in total. The predicted molar refractivity (Wildman–Crippen MR) is 89.8 cm³/mol. The summed E-state index contributed by atoms with van der Waals surface area (Å²) in [5.74, 6) is 0.494. The molecule has 0 radical (unpaired) electrons. The molecular weight excluding hydrogens is 293 g/mol. The number of rotatable bonds is 5. The van der Waals surface area contributed by atoms with Gasteiger partial charge in [0.15, 0.2) is 0 Å². The molecule has 3 rings (SSSR count). The highest BCUT2D eigenvalue weighted by molar-refractivity contribution is 5.89. The first kappa shape index (κ1) is 15.2. The van der Waals surface area contributed by atoms with Gasteiger partial charge in [-0.2, -0.15) is 0 Å². The van der Waals surface area contributed by atoms with E-state index >= 15 is 0 Å². The molecule has 4 nitrogen and oxygen atoms in total. The molecule has 3 aromatic rings. The molecule has 0 bridgehead atoms. The Morgan fingerprint density at radius 2 is 2.04 bits per heavy atom. The lowest BCUT2D eigenvalue weighted by molar-refractivity contribution is 0.413.